The molecule has 1 aliphatic carbocycles. The number of amides is 2. The Morgan fingerprint density at radius 2 is 1.97 bits per heavy atom. The predicted molar refractivity (Wildman–Crippen MR) is 150 cm³/mol. The molecular weight excluding hydrogens is 496 g/mol. The van der Waals surface area contributed by atoms with Gasteiger partial charge in [0.15, 0.2) is 0 Å². The van der Waals surface area contributed by atoms with E-state index in [0.717, 1.165) is 35.0 Å². The smallest absolute Gasteiger partial charge is 0.407 e. The van der Waals surface area contributed by atoms with Gasteiger partial charge in [0.25, 0.3) is 5.91 Å². The number of aromatic nitrogens is 2. The number of nitrogens with zero attached hydrogens (tertiary/aromatic N) is 2. The second kappa shape index (κ2) is 12.9. The first-order chi connectivity index (χ1) is 18.9. The van der Waals surface area contributed by atoms with Gasteiger partial charge in [-0.15, -0.1) is 0 Å². The molecule has 0 unspecified atom stereocenters. The maximum atomic E-state index is 13.2. The number of rotatable bonds is 10. The van der Waals surface area contributed by atoms with Gasteiger partial charge in [0.2, 0.25) is 0 Å². The third kappa shape index (κ3) is 7.13. The fourth-order valence-electron chi connectivity index (χ4n) is 4.19. The topological polar surface area (TPSA) is 112 Å². The number of carbonyl (C=O) groups excluding carboxylic acids is 3. The standard InChI is InChI=1S/C30H34N4O5/c1-4-22(13-12-21-9-7-10-21)29(36)39-19-26(33-30(37)38-5-2)28(35)32-24-15-14-23-18-31-34(27(23)17-24)25-11-6-8-20(3)16-25/h4,6,8,11-18,21,26H,5,7,9-10,19H2,1-3H3,(H,32,35)(H,33,37)/b13-12-,22-4+/t26-/m0/s1. The van der Waals surface area contributed by atoms with Crippen molar-refractivity contribution in [1.29, 1.82) is 0 Å². The van der Waals surface area contributed by atoms with Crippen LogP contribution in [0.3, 0.4) is 0 Å². The lowest BCUT2D eigenvalue weighted by molar-refractivity contribution is -0.140. The molecule has 4 rings (SSSR count). The molecule has 1 atom stereocenters. The third-order valence-electron chi connectivity index (χ3n) is 6.59. The molecule has 1 heterocycles. The summed E-state index contributed by atoms with van der Waals surface area (Å²) < 4.78 is 12.2. The first kappa shape index (κ1) is 27.6. The summed E-state index contributed by atoms with van der Waals surface area (Å²) in [7, 11) is 0. The van der Waals surface area contributed by atoms with E-state index >= 15 is 0 Å². The number of ether oxygens (including phenoxy) is 2. The van der Waals surface area contributed by atoms with Gasteiger partial charge in [0.1, 0.15) is 12.6 Å². The van der Waals surface area contributed by atoms with Crippen molar-refractivity contribution in [2.24, 2.45) is 5.92 Å². The Balaban J connectivity index is 1.48. The van der Waals surface area contributed by atoms with Crippen molar-refractivity contribution >= 4 is 34.6 Å². The van der Waals surface area contributed by atoms with Gasteiger partial charge < -0.3 is 20.1 Å². The summed E-state index contributed by atoms with van der Waals surface area (Å²) >= 11 is 0. The van der Waals surface area contributed by atoms with Crippen LogP contribution in [0.15, 0.2) is 72.5 Å². The van der Waals surface area contributed by atoms with Gasteiger partial charge >= 0.3 is 12.1 Å². The number of benzene rings is 2. The summed E-state index contributed by atoms with van der Waals surface area (Å²) in [6, 6.07) is 12.2. The Morgan fingerprint density at radius 1 is 1.15 bits per heavy atom. The monoisotopic (exact) mass is 530 g/mol. The summed E-state index contributed by atoms with van der Waals surface area (Å²) in [5.74, 6) is -0.639. The van der Waals surface area contributed by atoms with Gasteiger partial charge in [-0.2, -0.15) is 5.10 Å². The minimum absolute atomic E-state index is 0.133. The average Bonchev–Trinajstić information content (AvgIpc) is 3.31. The predicted octanol–water partition coefficient (Wildman–Crippen LogP) is 5.23. The Kier molecular flexibility index (Phi) is 9.14. The normalized spacial score (nSPS) is 14.6. The summed E-state index contributed by atoms with van der Waals surface area (Å²) in [6.45, 7) is 5.19. The molecule has 39 heavy (non-hydrogen) atoms. The van der Waals surface area contributed by atoms with E-state index in [1.165, 1.54) is 6.42 Å². The molecule has 0 aliphatic heterocycles. The molecular formula is C30H34N4O5. The third-order valence-corrected chi connectivity index (χ3v) is 6.59. The average molecular weight is 531 g/mol. The van der Waals surface area contributed by atoms with Crippen molar-refractivity contribution in [3.05, 3.63) is 78.0 Å². The van der Waals surface area contributed by atoms with Crippen LogP contribution < -0.4 is 10.6 Å². The van der Waals surface area contributed by atoms with Crippen LogP contribution in [0.2, 0.25) is 0 Å². The van der Waals surface area contributed by atoms with Gasteiger partial charge in [0, 0.05) is 11.1 Å². The number of esters is 1. The lowest BCUT2D eigenvalue weighted by Gasteiger charge is -2.21. The maximum Gasteiger partial charge on any atom is 0.407 e. The van der Waals surface area contributed by atoms with E-state index in [1.807, 2.05) is 43.3 Å². The van der Waals surface area contributed by atoms with Crippen molar-refractivity contribution in [2.45, 2.75) is 46.1 Å². The Labute approximate surface area is 227 Å². The number of carbonyl (C=O) groups is 3. The van der Waals surface area contributed by atoms with E-state index in [-0.39, 0.29) is 13.2 Å². The van der Waals surface area contributed by atoms with E-state index in [2.05, 4.69) is 15.7 Å². The molecule has 0 radical (unpaired) electrons. The van der Waals surface area contributed by atoms with Crippen LogP contribution in [0.4, 0.5) is 10.5 Å². The molecule has 1 saturated carbocycles. The SMILES string of the molecule is C/C=C(\C=C/C1CCC1)C(=O)OC[C@H](NC(=O)OCC)C(=O)Nc1ccc2cnn(-c3cccc(C)c3)c2c1. The van der Waals surface area contributed by atoms with Gasteiger partial charge in [0.05, 0.1) is 29.6 Å². The first-order valence-electron chi connectivity index (χ1n) is 13.2. The quantitative estimate of drug-likeness (QED) is 0.211. The van der Waals surface area contributed by atoms with Crippen LogP contribution >= 0.6 is 0 Å². The molecule has 204 valence electrons. The number of anilines is 1. The number of alkyl carbamates (subject to hydrolysis) is 1. The zero-order chi connectivity index (χ0) is 27.8. The highest BCUT2D eigenvalue weighted by Crippen LogP contribution is 2.28. The van der Waals surface area contributed by atoms with Gasteiger partial charge in [-0.3, -0.25) is 4.79 Å². The highest BCUT2D eigenvalue weighted by molar-refractivity contribution is 5.99. The molecule has 1 aromatic heterocycles. The molecule has 9 heteroatoms. The number of hydrogen-bond acceptors (Lipinski definition) is 6. The van der Waals surface area contributed by atoms with Crippen molar-refractivity contribution in [2.75, 3.05) is 18.5 Å². The highest BCUT2D eigenvalue weighted by atomic mass is 16.6. The number of allylic oxidation sites excluding steroid dienone is 2. The minimum atomic E-state index is -1.17. The molecule has 2 amide bonds. The molecule has 1 aliphatic rings. The Hall–Kier alpha value is -4.40. The first-order valence-corrected chi connectivity index (χ1v) is 13.2. The van der Waals surface area contributed by atoms with Gasteiger partial charge in [-0.25, -0.2) is 14.3 Å². The van der Waals surface area contributed by atoms with Crippen LogP contribution in [0, 0.1) is 12.8 Å². The molecule has 0 bridgehead atoms. The van der Waals surface area contributed by atoms with Crippen molar-refractivity contribution < 1.29 is 23.9 Å². The van der Waals surface area contributed by atoms with E-state index in [1.54, 1.807) is 49.0 Å². The van der Waals surface area contributed by atoms with Crippen LogP contribution in [-0.4, -0.2) is 47.0 Å². The summed E-state index contributed by atoms with van der Waals surface area (Å²) in [4.78, 5) is 38.0. The van der Waals surface area contributed by atoms with E-state index in [9.17, 15) is 14.4 Å². The second-order valence-electron chi connectivity index (χ2n) is 9.47. The van der Waals surface area contributed by atoms with Crippen LogP contribution in [0.5, 0.6) is 0 Å². The zero-order valence-electron chi connectivity index (χ0n) is 22.5. The van der Waals surface area contributed by atoms with E-state index in [0.29, 0.717) is 17.2 Å². The number of hydrogen-bond donors (Lipinski definition) is 2. The number of nitrogens with one attached hydrogen (secondary N) is 2. The summed E-state index contributed by atoms with van der Waals surface area (Å²) in [6.07, 6.45) is 9.84. The van der Waals surface area contributed by atoms with Gasteiger partial charge in [-0.1, -0.05) is 36.8 Å². The Morgan fingerprint density at radius 3 is 2.67 bits per heavy atom. The lowest BCUT2D eigenvalue weighted by Crippen LogP contribution is -2.47. The van der Waals surface area contributed by atoms with Crippen molar-refractivity contribution in [3.8, 4) is 5.69 Å². The molecule has 9 nitrogen and oxygen atoms in total. The molecule has 0 saturated heterocycles. The molecule has 2 aromatic carbocycles. The largest absolute Gasteiger partial charge is 0.459 e. The zero-order valence-corrected chi connectivity index (χ0v) is 22.5. The summed E-state index contributed by atoms with van der Waals surface area (Å²) in [5.41, 5.74) is 3.69. The van der Waals surface area contributed by atoms with Gasteiger partial charge in [-0.05, 0) is 75.4 Å². The minimum Gasteiger partial charge on any atom is -0.459 e. The van der Waals surface area contributed by atoms with Crippen LogP contribution in [0.25, 0.3) is 16.6 Å². The van der Waals surface area contributed by atoms with Crippen LogP contribution in [-0.2, 0) is 19.1 Å². The number of fused-ring (bicyclic) bond motifs is 1. The Bertz CT molecular complexity index is 1400. The molecule has 3 aromatic rings. The van der Waals surface area contributed by atoms with E-state index in [4.69, 9.17) is 9.47 Å². The molecule has 1 fully saturated rings. The van der Waals surface area contributed by atoms with Crippen molar-refractivity contribution in [1.82, 2.24) is 15.1 Å². The number of aryl methyl sites for hydroxylation is 1. The van der Waals surface area contributed by atoms with Crippen LogP contribution in [0.1, 0.15) is 38.7 Å². The fourth-order valence-corrected chi connectivity index (χ4v) is 4.19. The molecule has 2 N–H and O–H groups in total. The second-order valence-corrected chi connectivity index (χ2v) is 9.47. The molecule has 0 spiro atoms. The lowest BCUT2D eigenvalue weighted by atomic mass is 9.85. The van der Waals surface area contributed by atoms with E-state index < -0.39 is 24.0 Å². The summed E-state index contributed by atoms with van der Waals surface area (Å²) in [5, 5.41) is 10.7. The maximum absolute atomic E-state index is 13.2. The fraction of sp³-hybridized carbons (Fsp3) is 0.333. The highest BCUT2D eigenvalue weighted by Gasteiger charge is 2.24. The van der Waals surface area contributed by atoms with Crippen molar-refractivity contribution in [3.63, 3.8) is 0 Å².